The first kappa shape index (κ1) is 15.3. The minimum atomic E-state index is -0.00669. The van der Waals surface area contributed by atoms with Gasteiger partial charge < -0.3 is 20.0 Å². The first-order valence-corrected chi connectivity index (χ1v) is 7.52. The standard InChI is InChI=1S/C14H26N4O2/c1-16(2)11-13(19)17-7-9-18(10-8-17)14(20)12-5-3-4-6-15-12/h12,15H,3-11H2,1-2H3/t12-/m0/s1. The lowest BCUT2D eigenvalue weighted by molar-refractivity contribution is -0.141. The molecule has 0 aromatic heterocycles. The van der Waals surface area contributed by atoms with Gasteiger partial charge in [0.2, 0.25) is 11.8 Å². The van der Waals surface area contributed by atoms with Gasteiger partial charge >= 0.3 is 0 Å². The van der Waals surface area contributed by atoms with E-state index in [1.54, 1.807) is 0 Å². The van der Waals surface area contributed by atoms with Crippen LogP contribution in [-0.4, -0.2) is 85.9 Å². The Kier molecular flexibility index (Phi) is 5.37. The fourth-order valence-electron chi connectivity index (χ4n) is 2.83. The maximum Gasteiger partial charge on any atom is 0.239 e. The molecule has 20 heavy (non-hydrogen) atoms. The number of hydrogen-bond acceptors (Lipinski definition) is 4. The van der Waals surface area contributed by atoms with Gasteiger partial charge in [-0.25, -0.2) is 0 Å². The summed E-state index contributed by atoms with van der Waals surface area (Å²) in [5.41, 5.74) is 0. The van der Waals surface area contributed by atoms with Crippen LogP contribution in [0.25, 0.3) is 0 Å². The summed E-state index contributed by atoms with van der Waals surface area (Å²) in [6.07, 6.45) is 3.24. The molecule has 0 aliphatic carbocycles. The predicted octanol–water partition coefficient (Wildman–Crippen LogP) is -0.639. The fraction of sp³-hybridized carbons (Fsp3) is 0.857. The van der Waals surface area contributed by atoms with Crippen LogP contribution in [0.4, 0.5) is 0 Å². The van der Waals surface area contributed by atoms with Crippen LogP contribution in [0.5, 0.6) is 0 Å². The third kappa shape index (κ3) is 3.93. The Hall–Kier alpha value is -1.14. The molecule has 114 valence electrons. The smallest absolute Gasteiger partial charge is 0.239 e. The highest BCUT2D eigenvalue weighted by molar-refractivity contribution is 5.83. The van der Waals surface area contributed by atoms with Crippen LogP contribution in [0.1, 0.15) is 19.3 Å². The number of likely N-dealkylation sites (N-methyl/N-ethyl adjacent to an activating group) is 1. The van der Waals surface area contributed by atoms with E-state index in [4.69, 9.17) is 0 Å². The third-order valence-electron chi connectivity index (χ3n) is 4.00. The van der Waals surface area contributed by atoms with E-state index < -0.39 is 0 Å². The lowest BCUT2D eigenvalue weighted by Gasteiger charge is -2.37. The summed E-state index contributed by atoms with van der Waals surface area (Å²) < 4.78 is 0. The van der Waals surface area contributed by atoms with E-state index in [1.807, 2.05) is 28.8 Å². The molecule has 2 aliphatic heterocycles. The van der Waals surface area contributed by atoms with Crippen molar-refractivity contribution in [3.8, 4) is 0 Å². The summed E-state index contributed by atoms with van der Waals surface area (Å²) >= 11 is 0. The zero-order valence-corrected chi connectivity index (χ0v) is 12.6. The van der Waals surface area contributed by atoms with Crippen molar-refractivity contribution in [1.29, 1.82) is 0 Å². The van der Waals surface area contributed by atoms with Gasteiger partial charge in [-0.1, -0.05) is 6.42 Å². The summed E-state index contributed by atoms with van der Waals surface area (Å²) in [4.78, 5) is 30.0. The average Bonchev–Trinajstić information content (AvgIpc) is 2.47. The molecule has 2 heterocycles. The second kappa shape index (κ2) is 7.04. The Bertz CT molecular complexity index is 345. The molecule has 0 radical (unpaired) electrons. The summed E-state index contributed by atoms with van der Waals surface area (Å²) in [5, 5.41) is 3.30. The lowest BCUT2D eigenvalue weighted by atomic mass is 10.0. The molecule has 0 saturated carbocycles. The first-order chi connectivity index (χ1) is 9.58. The summed E-state index contributed by atoms with van der Waals surface area (Å²) in [5.74, 6) is 0.363. The minimum absolute atomic E-state index is 0.00669. The molecule has 1 N–H and O–H groups in total. The molecule has 6 heteroatoms. The Morgan fingerprint density at radius 3 is 2.30 bits per heavy atom. The molecular formula is C14H26N4O2. The number of rotatable bonds is 3. The van der Waals surface area contributed by atoms with Gasteiger partial charge in [-0.05, 0) is 33.5 Å². The van der Waals surface area contributed by atoms with E-state index in [-0.39, 0.29) is 17.9 Å². The summed E-state index contributed by atoms with van der Waals surface area (Å²) in [6, 6.07) is -0.00669. The Morgan fingerprint density at radius 2 is 1.75 bits per heavy atom. The quantitative estimate of drug-likeness (QED) is 0.748. The van der Waals surface area contributed by atoms with Gasteiger partial charge in [0.15, 0.2) is 0 Å². The number of hydrogen-bond donors (Lipinski definition) is 1. The second-order valence-electron chi connectivity index (χ2n) is 5.95. The van der Waals surface area contributed by atoms with Gasteiger partial charge in [0, 0.05) is 26.2 Å². The monoisotopic (exact) mass is 282 g/mol. The largest absolute Gasteiger partial charge is 0.338 e. The van der Waals surface area contributed by atoms with E-state index in [9.17, 15) is 9.59 Å². The second-order valence-corrected chi connectivity index (χ2v) is 5.95. The number of piperazine rings is 1. The molecule has 2 saturated heterocycles. The number of amides is 2. The summed E-state index contributed by atoms with van der Waals surface area (Å²) in [6.45, 7) is 4.03. The molecule has 1 atom stereocenters. The molecule has 0 bridgehead atoms. The van der Waals surface area contributed by atoms with Crippen LogP contribution in [0.3, 0.4) is 0 Å². The Balaban J connectivity index is 1.78. The third-order valence-corrected chi connectivity index (χ3v) is 4.00. The SMILES string of the molecule is CN(C)CC(=O)N1CCN(C(=O)[C@@H]2CCCCN2)CC1. The van der Waals surface area contributed by atoms with E-state index >= 15 is 0 Å². The van der Waals surface area contributed by atoms with Crippen molar-refractivity contribution in [3.63, 3.8) is 0 Å². The van der Waals surface area contributed by atoms with Crippen LogP contribution in [0, 0.1) is 0 Å². The highest BCUT2D eigenvalue weighted by atomic mass is 16.2. The number of carbonyl (C=O) groups excluding carboxylic acids is 2. The normalized spacial score (nSPS) is 24.1. The molecule has 0 spiro atoms. The first-order valence-electron chi connectivity index (χ1n) is 7.52. The molecular weight excluding hydrogens is 256 g/mol. The number of carbonyl (C=O) groups is 2. The van der Waals surface area contributed by atoms with E-state index in [1.165, 1.54) is 0 Å². The average molecular weight is 282 g/mol. The fourth-order valence-corrected chi connectivity index (χ4v) is 2.83. The van der Waals surface area contributed by atoms with Crippen LogP contribution in [0.15, 0.2) is 0 Å². The molecule has 0 unspecified atom stereocenters. The van der Waals surface area contributed by atoms with Crippen LogP contribution in [0.2, 0.25) is 0 Å². The Morgan fingerprint density at radius 1 is 1.10 bits per heavy atom. The van der Waals surface area contributed by atoms with Crippen molar-refractivity contribution in [3.05, 3.63) is 0 Å². The van der Waals surface area contributed by atoms with E-state index in [0.29, 0.717) is 32.7 Å². The number of nitrogens with one attached hydrogen (secondary N) is 1. The lowest BCUT2D eigenvalue weighted by Crippen LogP contribution is -2.56. The van der Waals surface area contributed by atoms with Crippen molar-refractivity contribution >= 4 is 11.8 Å². The maximum absolute atomic E-state index is 12.4. The van der Waals surface area contributed by atoms with Crippen molar-refractivity contribution < 1.29 is 9.59 Å². The highest BCUT2D eigenvalue weighted by Crippen LogP contribution is 2.12. The highest BCUT2D eigenvalue weighted by Gasteiger charge is 2.29. The van der Waals surface area contributed by atoms with Gasteiger partial charge in [-0.3, -0.25) is 9.59 Å². The molecule has 2 fully saturated rings. The zero-order chi connectivity index (χ0) is 14.5. The molecule has 2 aliphatic rings. The molecule has 2 rings (SSSR count). The predicted molar refractivity (Wildman–Crippen MR) is 77.4 cm³/mol. The molecule has 6 nitrogen and oxygen atoms in total. The van der Waals surface area contributed by atoms with Gasteiger partial charge in [0.25, 0.3) is 0 Å². The minimum Gasteiger partial charge on any atom is -0.338 e. The van der Waals surface area contributed by atoms with Gasteiger partial charge in [0.1, 0.15) is 0 Å². The Labute approximate surface area is 121 Å². The van der Waals surface area contributed by atoms with Crippen molar-refractivity contribution in [2.24, 2.45) is 0 Å². The summed E-state index contributed by atoms with van der Waals surface area (Å²) in [7, 11) is 3.79. The topological polar surface area (TPSA) is 55.9 Å². The van der Waals surface area contributed by atoms with Crippen LogP contribution < -0.4 is 5.32 Å². The van der Waals surface area contributed by atoms with E-state index in [0.717, 1.165) is 25.8 Å². The maximum atomic E-state index is 12.4. The number of nitrogens with zero attached hydrogens (tertiary/aromatic N) is 3. The van der Waals surface area contributed by atoms with Gasteiger partial charge in [-0.15, -0.1) is 0 Å². The van der Waals surface area contributed by atoms with Gasteiger partial charge in [0.05, 0.1) is 12.6 Å². The molecule has 0 aromatic rings. The number of piperidine rings is 1. The molecule has 0 aromatic carbocycles. The van der Waals surface area contributed by atoms with Crippen LogP contribution >= 0.6 is 0 Å². The van der Waals surface area contributed by atoms with Crippen molar-refractivity contribution in [2.75, 3.05) is 53.4 Å². The zero-order valence-electron chi connectivity index (χ0n) is 12.6. The van der Waals surface area contributed by atoms with Crippen molar-refractivity contribution in [1.82, 2.24) is 20.0 Å². The van der Waals surface area contributed by atoms with Crippen molar-refractivity contribution in [2.45, 2.75) is 25.3 Å². The molecule has 2 amide bonds. The van der Waals surface area contributed by atoms with E-state index in [2.05, 4.69) is 5.32 Å². The van der Waals surface area contributed by atoms with Crippen LogP contribution in [-0.2, 0) is 9.59 Å². The van der Waals surface area contributed by atoms with Gasteiger partial charge in [-0.2, -0.15) is 0 Å².